The largest absolute Gasteiger partial charge is 0.479 e. The van der Waals surface area contributed by atoms with Gasteiger partial charge in [-0.15, -0.1) is 6.42 Å². The van der Waals surface area contributed by atoms with Crippen LogP contribution < -0.4 is 4.74 Å². The van der Waals surface area contributed by atoms with E-state index in [2.05, 4.69) is 30.0 Å². The predicted molar refractivity (Wildman–Crippen MR) is 83.9 cm³/mol. The third kappa shape index (κ3) is 3.73. The zero-order chi connectivity index (χ0) is 14.4. The first kappa shape index (κ1) is 13.9. The molecule has 2 rings (SSSR count). The van der Waals surface area contributed by atoms with Crippen molar-refractivity contribution in [3.05, 3.63) is 59.2 Å². The fourth-order valence-electron chi connectivity index (χ4n) is 1.77. The van der Waals surface area contributed by atoms with Gasteiger partial charge in [0.15, 0.2) is 0 Å². The van der Waals surface area contributed by atoms with Gasteiger partial charge in [-0.2, -0.15) is 0 Å². The number of hydrogen-bond donors (Lipinski definition) is 0. The summed E-state index contributed by atoms with van der Waals surface area (Å²) in [6.45, 7) is 4.33. The van der Waals surface area contributed by atoms with Crippen LogP contribution in [0.25, 0.3) is 0 Å². The second-order valence-corrected chi connectivity index (χ2v) is 4.63. The van der Waals surface area contributed by atoms with E-state index < -0.39 is 0 Å². The first-order chi connectivity index (χ1) is 9.69. The van der Waals surface area contributed by atoms with Crippen LogP contribution >= 0.6 is 0 Å². The Balaban J connectivity index is 2.25. The molecule has 0 unspecified atom stereocenters. The number of nitrogens with zero attached hydrogens (tertiary/aromatic N) is 1. The second-order valence-electron chi connectivity index (χ2n) is 4.63. The maximum atomic E-state index is 5.50. The Kier molecular flexibility index (Phi) is 4.57. The average Bonchev–Trinajstić information content (AvgIpc) is 2.46. The number of hydrogen-bond acceptors (Lipinski definition) is 2. The monoisotopic (exact) mass is 263 g/mol. The average molecular weight is 263 g/mol. The summed E-state index contributed by atoms with van der Waals surface area (Å²) < 4.78 is 5.50. The summed E-state index contributed by atoms with van der Waals surface area (Å²) in [4.78, 5) is 4.50. The van der Waals surface area contributed by atoms with Gasteiger partial charge in [0.1, 0.15) is 18.0 Å². The summed E-state index contributed by atoms with van der Waals surface area (Å²) in [6.07, 6.45) is 7.05. The quantitative estimate of drug-likeness (QED) is 0.602. The van der Waals surface area contributed by atoms with Gasteiger partial charge in [-0.1, -0.05) is 41.8 Å². The third-order valence-corrected chi connectivity index (χ3v) is 2.86. The Labute approximate surface area is 120 Å². The van der Waals surface area contributed by atoms with Gasteiger partial charge in [0.05, 0.1) is 0 Å². The molecule has 0 amide bonds. The highest BCUT2D eigenvalue weighted by Gasteiger charge is 2.02. The van der Waals surface area contributed by atoms with E-state index in [1.54, 1.807) is 0 Å². The minimum absolute atomic E-state index is 0.246. The summed E-state index contributed by atoms with van der Waals surface area (Å²) in [6, 6.07) is 14.1. The van der Waals surface area contributed by atoms with E-state index in [1.807, 2.05) is 43.5 Å². The molecule has 0 spiro atoms. The molecule has 0 saturated heterocycles. The number of ether oxygens (including phenoxy) is 1. The predicted octanol–water partition coefficient (Wildman–Crippen LogP) is 4.07. The van der Waals surface area contributed by atoms with Crippen LogP contribution in [0.1, 0.15) is 16.7 Å². The molecule has 2 aromatic rings. The Bertz CT molecular complexity index is 648. The molecule has 0 aliphatic carbocycles. The molecule has 100 valence electrons. The van der Waals surface area contributed by atoms with Crippen LogP contribution in [0.4, 0.5) is 5.69 Å². The van der Waals surface area contributed by atoms with Gasteiger partial charge in [-0.05, 0) is 37.1 Å². The van der Waals surface area contributed by atoms with Crippen LogP contribution in [0.15, 0.2) is 47.5 Å². The molecule has 0 aromatic heterocycles. The van der Waals surface area contributed by atoms with Crippen LogP contribution in [0.2, 0.25) is 0 Å². The number of rotatable bonds is 4. The standard InChI is InChI=1S/C18H17NO/c1-4-11-20-18-10-7-15(3)12-17(18)19-13-16-8-5-14(2)6-9-16/h1,5-10,12-13H,11H2,2-3H3. The van der Waals surface area contributed by atoms with Crippen molar-refractivity contribution in [1.82, 2.24) is 0 Å². The van der Waals surface area contributed by atoms with E-state index >= 15 is 0 Å². The van der Waals surface area contributed by atoms with Crippen molar-refractivity contribution in [3.63, 3.8) is 0 Å². The lowest BCUT2D eigenvalue weighted by Gasteiger charge is -2.06. The lowest BCUT2D eigenvalue weighted by molar-refractivity contribution is 0.371. The summed E-state index contributed by atoms with van der Waals surface area (Å²) >= 11 is 0. The topological polar surface area (TPSA) is 21.6 Å². The van der Waals surface area contributed by atoms with Gasteiger partial charge in [0.2, 0.25) is 0 Å². The first-order valence-electron chi connectivity index (χ1n) is 6.46. The lowest BCUT2D eigenvalue weighted by Crippen LogP contribution is -1.94. The fraction of sp³-hybridized carbons (Fsp3) is 0.167. The van der Waals surface area contributed by atoms with Crippen molar-refractivity contribution in [2.45, 2.75) is 13.8 Å². The maximum Gasteiger partial charge on any atom is 0.148 e. The number of aliphatic imine (C=N–C) groups is 1. The van der Waals surface area contributed by atoms with Crippen molar-refractivity contribution >= 4 is 11.9 Å². The molecule has 2 nitrogen and oxygen atoms in total. The molecule has 2 heteroatoms. The van der Waals surface area contributed by atoms with Crippen molar-refractivity contribution in [2.75, 3.05) is 6.61 Å². The SMILES string of the molecule is C#CCOc1ccc(C)cc1N=Cc1ccc(C)cc1. The molecule has 2 aromatic carbocycles. The van der Waals surface area contributed by atoms with E-state index in [0.717, 1.165) is 16.8 Å². The number of terminal acetylenes is 1. The maximum absolute atomic E-state index is 5.50. The Hall–Kier alpha value is -2.53. The first-order valence-corrected chi connectivity index (χ1v) is 6.46. The number of aryl methyl sites for hydroxylation is 2. The van der Waals surface area contributed by atoms with E-state index in [4.69, 9.17) is 11.2 Å². The summed E-state index contributed by atoms with van der Waals surface area (Å²) in [5.74, 6) is 3.17. The van der Waals surface area contributed by atoms with Gasteiger partial charge in [-0.25, -0.2) is 0 Å². The molecule has 0 bridgehead atoms. The Morgan fingerprint density at radius 3 is 2.50 bits per heavy atom. The van der Waals surface area contributed by atoms with Crippen molar-refractivity contribution < 1.29 is 4.74 Å². The highest BCUT2D eigenvalue weighted by Crippen LogP contribution is 2.28. The van der Waals surface area contributed by atoms with Crippen LogP contribution in [0.5, 0.6) is 5.75 Å². The molecule has 0 aliphatic rings. The molecule has 0 N–H and O–H groups in total. The van der Waals surface area contributed by atoms with Crippen LogP contribution in [0.3, 0.4) is 0 Å². The molecule has 0 atom stereocenters. The Morgan fingerprint density at radius 2 is 1.80 bits per heavy atom. The zero-order valence-electron chi connectivity index (χ0n) is 11.8. The minimum Gasteiger partial charge on any atom is -0.479 e. The fourth-order valence-corrected chi connectivity index (χ4v) is 1.77. The van der Waals surface area contributed by atoms with Crippen LogP contribution in [-0.2, 0) is 0 Å². The second kappa shape index (κ2) is 6.58. The lowest BCUT2D eigenvalue weighted by atomic mass is 10.1. The van der Waals surface area contributed by atoms with Gasteiger partial charge in [0.25, 0.3) is 0 Å². The van der Waals surface area contributed by atoms with E-state index in [0.29, 0.717) is 5.75 Å². The van der Waals surface area contributed by atoms with Crippen LogP contribution in [0, 0.1) is 26.2 Å². The van der Waals surface area contributed by atoms with Gasteiger partial charge < -0.3 is 4.74 Å². The van der Waals surface area contributed by atoms with E-state index in [-0.39, 0.29) is 6.61 Å². The van der Waals surface area contributed by atoms with E-state index in [9.17, 15) is 0 Å². The van der Waals surface area contributed by atoms with Crippen molar-refractivity contribution in [2.24, 2.45) is 4.99 Å². The van der Waals surface area contributed by atoms with Crippen molar-refractivity contribution in [3.8, 4) is 18.1 Å². The molecule has 0 saturated carbocycles. The van der Waals surface area contributed by atoms with Gasteiger partial charge >= 0.3 is 0 Å². The number of benzene rings is 2. The summed E-state index contributed by atoms with van der Waals surface area (Å²) in [5, 5.41) is 0. The molecular weight excluding hydrogens is 246 g/mol. The third-order valence-electron chi connectivity index (χ3n) is 2.86. The van der Waals surface area contributed by atoms with Gasteiger partial charge in [-0.3, -0.25) is 4.99 Å². The molecule has 0 heterocycles. The molecule has 0 aliphatic heterocycles. The Morgan fingerprint density at radius 1 is 1.10 bits per heavy atom. The van der Waals surface area contributed by atoms with Gasteiger partial charge in [0, 0.05) is 6.21 Å². The molecule has 0 fully saturated rings. The smallest absolute Gasteiger partial charge is 0.148 e. The summed E-state index contributed by atoms with van der Waals surface area (Å²) in [7, 11) is 0. The molecular formula is C18H17NO. The van der Waals surface area contributed by atoms with Crippen LogP contribution in [-0.4, -0.2) is 12.8 Å². The van der Waals surface area contributed by atoms with Crippen molar-refractivity contribution in [1.29, 1.82) is 0 Å². The van der Waals surface area contributed by atoms with E-state index in [1.165, 1.54) is 5.56 Å². The molecule has 20 heavy (non-hydrogen) atoms. The highest BCUT2D eigenvalue weighted by atomic mass is 16.5. The highest BCUT2D eigenvalue weighted by molar-refractivity contribution is 5.82. The minimum atomic E-state index is 0.246. The normalized spacial score (nSPS) is 10.4. The summed E-state index contributed by atoms with van der Waals surface area (Å²) in [5.41, 5.74) is 4.21. The molecule has 0 radical (unpaired) electrons. The zero-order valence-corrected chi connectivity index (χ0v) is 11.8.